The minimum atomic E-state index is -0.368. The van der Waals surface area contributed by atoms with Gasteiger partial charge in [0, 0.05) is 12.0 Å². The van der Waals surface area contributed by atoms with E-state index in [0.29, 0.717) is 18.3 Å². The minimum absolute atomic E-state index is 0.0420. The van der Waals surface area contributed by atoms with Crippen molar-refractivity contribution in [2.24, 2.45) is 11.8 Å². The van der Waals surface area contributed by atoms with Gasteiger partial charge in [0.2, 0.25) is 5.91 Å². The van der Waals surface area contributed by atoms with Crippen LogP contribution in [0.3, 0.4) is 0 Å². The van der Waals surface area contributed by atoms with Crippen LogP contribution in [0.1, 0.15) is 43.7 Å². The summed E-state index contributed by atoms with van der Waals surface area (Å²) in [4.78, 5) is 12.4. The van der Waals surface area contributed by atoms with Gasteiger partial charge in [-0.2, -0.15) is 0 Å². The molecule has 1 amide bonds. The number of aliphatic hydroxyl groups excluding tert-OH is 1. The molecule has 0 heterocycles. The number of nitrogens with one attached hydrogen (secondary N) is 1. The summed E-state index contributed by atoms with van der Waals surface area (Å²) in [5.74, 6) is 1.28. The second-order valence-electron chi connectivity index (χ2n) is 6.45. The summed E-state index contributed by atoms with van der Waals surface area (Å²) >= 11 is 0. The number of hydrogen-bond acceptors (Lipinski definition) is 2. The summed E-state index contributed by atoms with van der Waals surface area (Å²) in [6, 6.07) is 8.57. The molecule has 0 bridgehead atoms. The molecular formula is C17H23NO2. The van der Waals surface area contributed by atoms with Gasteiger partial charge in [0.25, 0.3) is 0 Å². The zero-order valence-corrected chi connectivity index (χ0v) is 12.2. The number of rotatable bonds is 4. The number of carbonyl (C=O) groups excluding carboxylic acids is 1. The molecule has 3 heteroatoms. The first-order valence-corrected chi connectivity index (χ1v) is 7.64. The zero-order chi connectivity index (χ0) is 14.3. The maximum absolute atomic E-state index is 12.4. The quantitative estimate of drug-likeness (QED) is 0.884. The Morgan fingerprint density at radius 2 is 2.15 bits per heavy atom. The molecule has 1 aromatic rings. The Morgan fingerprint density at radius 1 is 1.40 bits per heavy atom. The van der Waals surface area contributed by atoms with Gasteiger partial charge >= 0.3 is 0 Å². The molecule has 2 aliphatic rings. The molecule has 0 aromatic heterocycles. The molecule has 3 nitrogen and oxygen atoms in total. The molecule has 1 saturated carbocycles. The van der Waals surface area contributed by atoms with Crippen molar-refractivity contribution in [1.82, 2.24) is 5.32 Å². The third-order valence-corrected chi connectivity index (χ3v) is 4.72. The number of aliphatic hydroxyl groups is 1. The largest absolute Gasteiger partial charge is 0.393 e. The Hall–Kier alpha value is -1.35. The molecule has 108 valence electrons. The fourth-order valence-electron chi connectivity index (χ4n) is 3.83. The molecule has 5 atom stereocenters. The smallest absolute Gasteiger partial charge is 0.224 e. The van der Waals surface area contributed by atoms with Gasteiger partial charge in [-0.3, -0.25) is 4.79 Å². The highest BCUT2D eigenvalue weighted by Crippen LogP contribution is 2.59. The number of hydrogen-bond donors (Lipinski definition) is 2. The lowest BCUT2D eigenvalue weighted by Crippen LogP contribution is -2.36. The van der Waals surface area contributed by atoms with Gasteiger partial charge in [-0.25, -0.2) is 0 Å². The van der Waals surface area contributed by atoms with Gasteiger partial charge in [0.15, 0.2) is 0 Å². The van der Waals surface area contributed by atoms with Crippen molar-refractivity contribution in [2.45, 2.75) is 51.2 Å². The molecule has 0 aliphatic heterocycles. The van der Waals surface area contributed by atoms with Crippen LogP contribution in [-0.4, -0.2) is 23.2 Å². The maximum Gasteiger partial charge on any atom is 0.224 e. The zero-order valence-electron chi connectivity index (χ0n) is 12.2. The molecule has 2 aliphatic carbocycles. The lowest BCUT2D eigenvalue weighted by molar-refractivity contribution is -0.123. The monoisotopic (exact) mass is 273 g/mol. The Morgan fingerprint density at radius 3 is 2.90 bits per heavy atom. The number of fused-ring (bicyclic) bond motifs is 3. The summed E-state index contributed by atoms with van der Waals surface area (Å²) in [6.07, 6.45) is 2.48. The van der Waals surface area contributed by atoms with E-state index in [9.17, 15) is 9.90 Å². The summed E-state index contributed by atoms with van der Waals surface area (Å²) in [5.41, 5.74) is 2.80. The number of aryl methyl sites for hydroxylation is 1. The molecular weight excluding hydrogens is 250 g/mol. The molecule has 1 fully saturated rings. The van der Waals surface area contributed by atoms with Crippen molar-refractivity contribution in [3.63, 3.8) is 0 Å². The Bertz CT molecular complexity index is 511. The highest BCUT2D eigenvalue weighted by Gasteiger charge is 2.56. The van der Waals surface area contributed by atoms with E-state index in [1.165, 1.54) is 11.1 Å². The van der Waals surface area contributed by atoms with E-state index < -0.39 is 0 Å². The van der Waals surface area contributed by atoms with E-state index in [0.717, 1.165) is 12.8 Å². The van der Waals surface area contributed by atoms with Crippen LogP contribution in [0.4, 0.5) is 0 Å². The van der Waals surface area contributed by atoms with Crippen molar-refractivity contribution in [3.05, 3.63) is 35.4 Å². The van der Waals surface area contributed by atoms with Gasteiger partial charge < -0.3 is 10.4 Å². The second-order valence-corrected chi connectivity index (χ2v) is 6.45. The number of carbonyl (C=O) groups is 1. The van der Waals surface area contributed by atoms with Crippen LogP contribution in [0.25, 0.3) is 0 Å². The molecule has 5 unspecified atom stereocenters. The van der Waals surface area contributed by atoms with Crippen molar-refractivity contribution in [1.29, 1.82) is 0 Å². The van der Waals surface area contributed by atoms with E-state index in [2.05, 4.69) is 29.6 Å². The Labute approximate surface area is 120 Å². The molecule has 3 rings (SSSR count). The van der Waals surface area contributed by atoms with E-state index in [1.54, 1.807) is 6.92 Å². The Balaban J connectivity index is 1.65. The molecule has 0 spiro atoms. The first-order chi connectivity index (χ1) is 9.58. The van der Waals surface area contributed by atoms with E-state index >= 15 is 0 Å². The lowest BCUT2D eigenvalue weighted by Gasteiger charge is -2.15. The van der Waals surface area contributed by atoms with Crippen LogP contribution >= 0.6 is 0 Å². The minimum Gasteiger partial charge on any atom is -0.393 e. The summed E-state index contributed by atoms with van der Waals surface area (Å²) in [7, 11) is 0. The first-order valence-electron chi connectivity index (χ1n) is 7.64. The highest BCUT2D eigenvalue weighted by molar-refractivity contribution is 5.84. The van der Waals surface area contributed by atoms with Crippen LogP contribution in [0, 0.1) is 11.8 Å². The molecule has 0 radical (unpaired) electrons. The predicted octanol–water partition coefficient (Wildman–Crippen LogP) is 2.24. The van der Waals surface area contributed by atoms with E-state index in [-0.39, 0.29) is 24.0 Å². The fourth-order valence-corrected chi connectivity index (χ4v) is 3.83. The van der Waals surface area contributed by atoms with Gasteiger partial charge in [-0.15, -0.1) is 0 Å². The lowest BCUT2D eigenvalue weighted by atomic mass is 9.92. The van der Waals surface area contributed by atoms with Crippen LogP contribution in [0.15, 0.2) is 24.3 Å². The predicted molar refractivity (Wildman–Crippen MR) is 78.4 cm³/mol. The van der Waals surface area contributed by atoms with E-state index in [4.69, 9.17) is 0 Å². The van der Waals surface area contributed by atoms with Crippen molar-refractivity contribution in [3.8, 4) is 0 Å². The SMILES string of the molecule is CC(O)CC(C)NC(=O)C1C2CCc3ccccc3C21. The molecule has 20 heavy (non-hydrogen) atoms. The van der Waals surface area contributed by atoms with Gasteiger partial charge in [-0.05, 0) is 56.1 Å². The van der Waals surface area contributed by atoms with Gasteiger partial charge in [0.1, 0.15) is 0 Å². The number of benzene rings is 1. The third kappa shape index (κ3) is 2.47. The van der Waals surface area contributed by atoms with Crippen LogP contribution in [0.5, 0.6) is 0 Å². The fraction of sp³-hybridized carbons (Fsp3) is 0.588. The van der Waals surface area contributed by atoms with Crippen molar-refractivity contribution < 1.29 is 9.90 Å². The van der Waals surface area contributed by atoms with E-state index in [1.807, 2.05) is 6.92 Å². The highest BCUT2D eigenvalue weighted by atomic mass is 16.3. The van der Waals surface area contributed by atoms with Crippen molar-refractivity contribution >= 4 is 5.91 Å². The standard InChI is InChI=1S/C17H23NO2/c1-10(9-11(2)19)18-17(20)16-14-8-7-12-5-3-4-6-13(12)15(14)16/h3-6,10-11,14-16,19H,7-9H2,1-2H3,(H,18,20). The van der Waals surface area contributed by atoms with Crippen LogP contribution in [0.2, 0.25) is 0 Å². The molecule has 1 aromatic carbocycles. The van der Waals surface area contributed by atoms with Gasteiger partial charge in [-0.1, -0.05) is 24.3 Å². The average Bonchev–Trinajstić information content (AvgIpc) is 3.12. The van der Waals surface area contributed by atoms with Gasteiger partial charge in [0.05, 0.1) is 6.10 Å². The third-order valence-electron chi connectivity index (χ3n) is 4.72. The van der Waals surface area contributed by atoms with Crippen LogP contribution < -0.4 is 5.32 Å². The number of amides is 1. The summed E-state index contributed by atoms with van der Waals surface area (Å²) in [5, 5.41) is 12.4. The summed E-state index contributed by atoms with van der Waals surface area (Å²) in [6.45, 7) is 3.72. The average molecular weight is 273 g/mol. The summed E-state index contributed by atoms with van der Waals surface area (Å²) < 4.78 is 0. The normalized spacial score (nSPS) is 29.9. The van der Waals surface area contributed by atoms with Crippen molar-refractivity contribution in [2.75, 3.05) is 0 Å². The topological polar surface area (TPSA) is 49.3 Å². The maximum atomic E-state index is 12.4. The first kappa shape index (κ1) is 13.6. The molecule has 0 saturated heterocycles. The van der Waals surface area contributed by atoms with Crippen LogP contribution in [-0.2, 0) is 11.2 Å². The second kappa shape index (κ2) is 5.21. The Kier molecular flexibility index (Phi) is 3.55. The molecule has 2 N–H and O–H groups in total.